The van der Waals surface area contributed by atoms with Gasteiger partial charge in [0.25, 0.3) is 0 Å². The van der Waals surface area contributed by atoms with E-state index < -0.39 is 0 Å². The molecule has 0 spiro atoms. The van der Waals surface area contributed by atoms with Crippen molar-refractivity contribution in [2.24, 2.45) is 5.92 Å². The zero-order chi connectivity index (χ0) is 14.0. The van der Waals surface area contributed by atoms with Gasteiger partial charge in [-0.05, 0) is 46.5 Å². The van der Waals surface area contributed by atoms with E-state index in [2.05, 4.69) is 19.1 Å². The molecule has 0 saturated carbocycles. The molecule has 18 heavy (non-hydrogen) atoms. The molecule has 0 amide bonds. The molecule has 1 unspecified atom stereocenters. The van der Waals surface area contributed by atoms with Gasteiger partial charge in [0.1, 0.15) is 5.60 Å². The van der Waals surface area contributed by atoms with Crippen molar-refractivity contribution in [2.75, 3.05) is 0 Å². The summed E-state index contributed by atoms with van der Waals surface area (Å²) in [7, 11) is 0. The van der Waals surface area contributed by atoms with Gasteiger partial charge < -0.3 is 4.74 Å². The van der Waals surface area contributed by atoms with E-state index in [0.717, 1.165) is 25.7 Å². The lowest BCUT2D eigenvalue weighted by molar-refractivity contribution is -0.159. The summed E-state index contributed by atoms with van der Waals surface area (Å²) in [6, 6.07) is 0. The maximum Gasteiger partial charge on any atom is 0.309 e. The molecule has 2 nitrogen and oxygen atoms in total. The highest BCUT2D eigenvalue weighted by molar-refractivity contribution is 5.72. The summed E-state index contributed by atoms with van der Waals surface area (Å²) in [5.41, 5.74) is -0.367. The molecule has 0 heterocycles. The molecular weight excluding hydrogens is 224 g/mol. The summed E-state index contributed by atoms with van der Waals surface area (Å²) in [5.74, 6) is -0.0483. The van der Waals surface area contributed by atoms with Crippen molar-refractivity contribution in [3.63, 3.8) is 0 Å². The Bertz CT molecular complexity index is 248. The Balaban J connectivity index is 3.64. The lowest BCUT2D eigenvalue weighted by atomic mass is 10.0. The van der Waals surface area contributed by atoms with Gasteiger partial charge in [0.15, 0.2) is 0 Å². The molecule has 0 aliphatic rings. The number of hydrogen-bond acceptors (Lipinski definition) is 2. The number of allylic oxidation sites excluding steroid dienone is 2. The molecule has 0 aliphatic heterocycles. The van der Waals surface area contributed by atoms with Crippen LogP contribution in [0, 0.1) is 5.92 Å². The molecule has 1 atom stereocenters. The highest BCUT2D eigenvalue weighted by Crippen LogP contribution is 2.16. The molecule has 0 aromatic rings. The van der Waals surface area contributed by atoms with E-state index in [1.807, 2.05) is 27.7 Å². The van der Waals surface area contributed by atoms with Gasteiger partial charge in [-0.25, -0.2) is 0 Å². The Hall–Kier alpha value is -0.790. The van der Waals surface area contributed by atoms with Gasteiger partial charge in [0, 0.05) is 0 Å². The van der Waals surface area contributed by atoms with Crippen LogP contribution in [0.15, 0.2) is 12.2 Å². The van der Waals surface area contributed by atoms with Crippen molar-refractivity contribution >= 4 is 5.97 Å². The molecule has 2 heteroatoms. The van der Waals surface area contributed by atoms with Crippen LogP contribution < -0.4 is 0 Å². The SMILES string of the molecule is CCCC=CCCCCC(C)C(=O)OC(C)(C)C. The second kappa shape index (κ2) is 9.18. The van der Waals surface area contributed by atoms with Gasteiger partial charge in [-0.15, -0.1) is 0 Å². The first-order valence-electron chi connectivity index (χ1n) is 7.24. The smallest absolute Gasteiger partial charge is 0.309 e. The van der Waals surface area contributed by atoms with E-state index in [1.54, 1.807) is 0 Å². The van der Waals surface area contributed by atoms with Crippen LogP contribution in [0.4, 0.5) is 0 Å². The Morgan fingerprint density at radius 2 is 1.78 bits per heavy atom. The quantitative estimate of drug-likeness (QED) is 0.350. The first-order chi connectivity index (χ1) is 8.37. The van der Waals surface area contributed by atoms with Crippen LogP contribution in [0.2, 0.25) is 0 Å². The third-order valence-corrected chi connectivity index (χ3v) is 2.69. The first kappa shape index (κ1) is 17.2. The van der Waals surface area contributed by atoms with E-state index in [4.69, 9.17) is 4.74 Å². The highest BCUT2D eigenvalue weighted by atomic mass is 16.6. The highest BCUT2D eigenvalue weighted by Gasteiger charge is 2.20. The van der Waals surface area contributed by atoms with Gasteiger partial charge in [-0.3, -0.25) is 4.79 Å². The zero-order valence-corrected chi connectivity index (χ0v) is 12.8. The first-order valence-corrected chi connectivity index (χ1v) is 7.24. The molecule has 0 aromatic heterocycles. The summed E-state index contributed by atoms with van der Waals surface area (Å²) >= 11 is 0. The van der Waals surface area contributed by atoms with Crippen molar-refractivity contribution in [1.29, 1.82) is 0 Å². The van der Waals surface area contributed by atoms with Crippen LogP contribution in [-0.4, -0.2) is 11.6 Å². The minimum atomic E-state index is -0.367. The van der Waals surface area contributed by atoms with Gasteiger partial charge >= 0.3 is 5.97 Å². The Kier molecular flexibility index (Phi) is 8.78. The Morgan fingerprint density at radius 3 is 2.33 bits per heavy atom. The van der Waals surface area contributed by atoms with E-state index >= 15 is 0 Å². The van der Waals surface area contributed by atoms with Crippen molar-refractivity contribution in [1.82, 2.24) is 0 Å². The van der Waals surface area contributed by atoms with Gasteiger partial charge in [-0.1, -0.05) is 38.8 Å². The van der Waals surface area contributed by atoms with E-state index in [1.165, 1.54) is 12.8 Å². The standard InChI is InChI=1S/C16H30O2/c1-6-7-8-9-10-11-12-13-14(2)15(17)18-16(3,4)5/h8-9,14H,6-7,10-13H2,1-5H3. The third kappa shape index (κ3) is 10.4. The second-order valence-electron chi connectivity index (χ2n) is 5.98. The molecule has 0 bridgehead atoms. The number of ether oxygens (including phenoxy) is 1. The molecule has 0 fully saturated rings. The van der Waals surface area contributed by atoms with Gasteiger partial charge in [-0.2, -0.15) is 0 Å². The number of carbonyl (C=O) groups excluding carboxylic acids is 1. The van der Waals surface area contributed by atoms with Crippen LogP contribution in [0.1, 0.15) is 73.1 Å². The molecule has 0 aromatic carbocycles. The maximum absolute atomic E-state index is 11.7. The van der Waals surface area contributed by atoms with Crippen molar-refractivity contribution in [3.05, 3.63) is 12.2 Å². The number of hydrogen-bond donors (Lipinski definition) is 0. The molecule has 0 radical (unpaired) electrons. The molecule has 0 rings (SSSR count). The third-order valence-electron chi connectivity index (χ3n) is 2.69. The molecule has 0 N–H and O–H groups in total. The lowest BCUT2D eigenvalue weighted by Gasteiger charge is -2.22. The second-order valence-corrected chi connectivity index (χ2v) is 5.98. The van der Waals surface area contributed by atoms with E-state index in [9.17, 15) is 4.79 Å². The predicted octanol–water partition coefficient (Wildman–Crippen LogP) is 4.88. The summed E-state index contributed by atoms with van der Waals surface area (Å²) < 4.78 is 5.36. The molecular formula is C16H30O2. The number of esters is 1. The van der Waals surface area contributed by atoms with Crippen LogP contribution in [0.25, 0.3) is 0 Å². The largest absolute Gasteiger partial charge is 0.460 e. The van der Waals surface area contributed by atoms with Crippen molar-refractivity contribution < 1.29 is 9.53 Å². The topological polar surface area (TPSA) is 26.3 Å². The number of rotatable bonds is 8. The lowest BCUT2D eigenvalue weighted by Crippen LogP contribution is -2.27. The predicted molar refractivity (Wildman–Crippen MR) is 77.5 cm³/mol. The fourth-order valence-corrected chi connectivity index (χ4v) is 1.64. The number of carbonyl (C=O) groups is 1. The van der Waals surface area contributed by atoms with Crippen molar-refractivity contribution in [3.8, 4) is 0 Å². The van der Waals surface area contributed by atoms with Crippen LogP contribution in [0.3, 0.4) is 0 Å². The average molecular weight is 254 g/mol. The Labute approximate surface area is 113 Å². The normalized spacial score (nSPS) is 13.8. The summed E-state index contributed by atoms with van der Waals surface area (Å²) in [6.07, 6.45) is 11.2. The Morgan fingerprint density at radius 1 is 1.17 bits per heavy atom. The van der Waals surface area contributed by atoms with Crippen LogP contribution in [0.5, 0.6) is 0 Å². The van der Waals surface area contributed by atoms with Gasteiger partial charge in [0.2, 0.25) is 0 Å². The zero-order valence-electron chi connectivity index (χ0n) is 12.8. The maximum atomic E-state index is 11.7. The van der Waals surface area contributed by atoms with Crippen LogP contribution in [-0.2, 0) is 9.53 Å². The molecule has 0 saturated heterocycles. The monoisotopic (exact) mass is 254 g/mol. The minimum Gasteiger partial charge on any atom is -0.460 e. The fraction of sp³-hybridized carbons (Fsp3) is 0.812. The van der Waals surface area contributed by atoms with Crippen molar-refractivity contribution in [2.45, 2.75) is 78.7 Å². The summed E-state index contributed by atoms with van der Waals surface area (Å²) in [5, 5.41) is 0. The summed E-state index contributed by atoms with van der Waals surface area (Å²) in [6.45, 7) is 9.89. The number of unbranched alkanes of at least 4 members (excludes halogenated alkanes) is 3. The van der Waals surface area contributed by atoms with Crippen LogP contribution >= 0.6 is 0 Å². The molecule has 0 aliphatic carbocycles. The van der Waals surface area contributed by atoms with E-state index in [-0.39, 0.29) is 17.5 Å². The summed E-state index contributed by atoms with van der Waals surface area (Å²) in [4.78, 5) is 11.7. The van der Waals surface area contributed by atoms with E-state index in [0.29, 0.717) is 0 Å². The van der Waals surface area contributed by atoms with Gasteiger partial charge in [0.05, 0.1) is 5.92 Å². The average Bonchev–Trinajstić information content (AvgIpc) is 2.25. The fourth-order valence-electron chi connectivity index (χ4n) is 1.64. The minimum absolute atomic E-state index is 0.0175. The molecule has 106 valence electrons.